The summed E-state index contributed by atoms with van der Waals surface area (Å²) in [6, 6.07) is 15.1. The van der Waals surface area contributed by atoms with E-state index in [9.17, 15) is 9.59 Å². The van der Waals surface area contributed by atoms with Crippen LogP contribution in [0.2, 0.25) is 0 Å². The number of thiophene rings is 1. The molecule has 2 aromatic heterocycles. The number of piperazine rings is 1. The highest BCUT2D eigenvalue weighted by Gasteiger charge is 2.23. The third-order valence-corrected chi connectivity index (χ3v) is 6.86. The highest BCUT2D eigenvalue weighted by Crippen LogP contribution is 2.25. The normalized spacial score (nSPS) is 14.1. The number of pyridine rings is 1. The second-order valence-corrected chi connectivity index (χ2v) is 9.33. The summed E-state index contributed by atoms with van der Waals surface area (Å²) in [5.41, 5.74) is 1.93. The Balaban J connectivity index is 1.29. The molecule has 1 aromatic carbocycles. The Kier molecular flexibility index (Phi) is 8.01. The largest absolute Gasteiger partial charge is 0.488 e. The molecule has 1 N–H and O–H groups in total. The number of carbonyl (C=O) groups excluding carboxylic acids is 1. The Hall–Kier alpha value is -3.83. The summed E-state index contributed by atoms with van der Waals surface area (Å²) in [5.74, 6) is 5.26. The number of ether oxygens (including phenoxy) is 1. The smallest absolute Gasteiger partial charge is 0.304 e. The lowest BCUT2D eigenvalue weighted by Crippen LogP contribution is -2.48. The van der Waals surface area contributed by atoms with Crippen molar-refractivity contribution in [3.8, 4) is 17.6 Å². The van der Waals surface area contributed by atoms with Crippen molar-refractivity contribution in [2.45, 2.75) is 25.9 Å². The average molecular weight is 490 g/mol. The molecular formula is C27H27N3O4S. The fourth-order valence-corrected chi connectivity index (χ4v) is 4.88. The molecule has 35 heavy (non-hydrogen) atoms. The summed E-state index contributed by atoms with van der Waals surface area (Å²) >= 11 is 1.45. The van der Waals surface area contributed by atoms with Gasteiger partial charge in [-0.05, 0) is 48.9 Å². The minimum atomic E-state index is -0.878. The van der Waals surface area contributed by atoms with Gasteiger partial charge in [-0.1, -0.05) is 18.1 Å². The predicted octanol–water partition coefficient (Wildman–Crippen LogP) is 4.27. The molecule has 4 rings (SSSR count). The number of carbonyl (C=O) groups is 2. The molecule has 1 saturated heterocycles. The van der Waals surface area contributed by atoms with Crippen LogP contribution < -0.4 is 9.64 Å². The summed E-state index contributed by atoms with van der Waals surface area (Å²) in [4.78, 5) is 34.1. The van der Waals surface area contributed by atoms with Crippen molar-refractivity contribution in [2.75, 3.05) is 31.1 Å². The first-order valence-electron chi connectivity index (χ1n) is 11.4. The van der Waals surface area contributed by atoms with Crippen LogP contribution in [-0.4, -0.2) is 53.0 Å². The first kappa shape index (κ1) is 24.3. The quantitative estimate of drug-likeness (QED) is 0.476. The number of carboxylic acid groups (broad SMARTS) is 1. The highest BCUT2D eigenvalue weighted by molar-refractivity contribution is 7.14. The van der Waals surface area contributed by atoms with E-state index in [1.54, 1.807) is 13.1 Å². The maximum Gasteiger partial charge on any atom is 0.304 e. The minimum absolute atomic E-state index is 0.0362. The van der Waals surface area contributed by atoms with Gasteiger partial charge in [0.2, 0.25) is 0 Å². The molecular weight excluding hydrogens is 462 g/mol. The highest BCUT2D eigenvalue weighted by atomic mass is 32.1. The van der Waals surface area contributed by atoms with Crippen LogP contribution in [0.3, 0.4) is 0 Å². The molecule has 8 heteroatoms. The van der Waals surface area contributed by atoms with Crippen molar-refractivity contribution >= 4 is 28.9 Å². The maximum atomic E-state index is 13.0. The van der Waals surface area contributed by atoms with Gasteiger partial charge in [-0.2, -0.15) is 0 Å². The van der Waals surface area contributed by atoms with E-state index in [0.29, 0.717) is 30.3 Å². The van der Waals surface area contributed by atoms with Crippen molar-refractivity contribution in [1.82, 2.24) is 9.88 Å². The molecule has 0 spiro atoms. The zero-order valence-electron chi connectivity index (χ0n) is 19.5. The van der Waals surface area contributed by atoms with Crippen LogP contribution in [0.4, 0.5) is 5.69 Å². The van der Waals surface area contributed by atoms with Gasteiger partial charge < -0.3 is 19.6 Å². The fourth-order valence-electron chi connectivity index (χ4n) is 3.99. The molecule has 1 aliphatic heterocycles. The first-order valence-corrected chi connectivity index (χ1v) is 12.2. The Morgan fingerprint density at radius 3 is 2.54 bits per heavy atom. The third-order valence-electron chi connectivity index (χ3n) is 5.81. The van der Waals surface area contributed by atoms with E-state index in [1.165, 1.54) is 11.3 Å². The number of anilines is 1. The SMILES string of the molecule is CC#CC(CC(=O)O)c1ccc(OCc2ccc(C(=O)N3CCN(c4cccnc4)CC3)s2)cc1. The van der Waals surface area contributed by atoms with Crippen LogP contribution in [0.15, 0.2) is 60.9 Å². The lowest BCUT2D eigenvalue weighted by Gasteiger charge is -2.35. The number of rotatable bonds is 8. The Morgan fingerprint density at radius 1 is 1.11 bits per heavy atom. The zero-order chi connectivity index (χ0) is 24.6. The molecule has 0 aliphatic carbocycles. The number of hydrogen-bond acceptors (Lipinski definition) is 6. The molecule has 1 fully saturated rings. The molecule has 0 bridgehead atoms. The van der Waals surface area contributed by atoms with Crippen molar-refractivity contribution < 1.29 is 19.4 Å². The van der Waals surface area contributed by atoms with E-state index < -0.39 is 5.97 Å². The fraction of sp³-hybridized carbons (Fsp3) is 0.296. The van der Waals surface area contributed by atoms with Gasteiger partial charge in [0.15, 0.2) is 0 Å². The van der Waals surface area contributed by atoms with Gasteiger partial charge >= 0.3 is 5.97 Å². The van der Waals surface area contributed by atoms with E-state index >= 15 is 0 Å². The third kappa shape index (κ3) is 6.40. The predicted molar refractivity (Wildman–Crippen MR) is 136 cm³/mol. The molecule has 7 nitrogen and oxygen atoms in total. The van der Waals surface area contributed by atoms with Crippen molar-refractivity contribution in [1.29, 1.82) is 0 Å². The van der Waals surface area contributed by atoms with Crippen LogP contribution in [0.5, 0.6) is 5.75 Å². The Labute approximate surface area is 209 Å². The van der Waals surface area contributed by atoms with Gasteiger partial charge in [-0.15, -0.1) is 17.3 Å². The van der Waals surface area contributed by atoms with Crippen LogP contribution in [0, 0.1) is 11.8 Å². The van der Waals surface area contributed by atoms with E-state index in [-0.39, 0.29) is 18.2 Å². The van der Waals surface area contributed by atoms with Crippen molar-refractivity contribution in [2.24, 2.45) is 0 Å². The number of aliphatic carboxylic acids is 1. The second-order valence-electron chi connectivity index (χ2n) is 8.16. The first-order chi connectivity index (χ1) is 17.0. The molecule has 180 valence electrons. The molecule has 0 saturated carbocycles. The summed E-state index contributed by atoms with van der Waals surface area (Å²) in [7, 11) is 0. The number of carboxylic acids is 1. The summed E-state index contributed by atoms with van der Waals surface area (Å²) < 4.78 is 5.89. The molecule has 3 aromatic rings. The molecule has 1 atom stereocenters. The van der Waals surface area contributed by atoms with E-state index in [1.807, 2.05) is 59.6 Å². The standard InChI is InChI=1S/C27H27N3O4S/c1-2-4-21(17-26(31)32)20-6-8-23(9-7-20)34-19-24-10-11-25(35-24)27(33)30-15-13-29(14-16-30)22-5-3-12-28-18-22/h3,5-12,18,21H,13-17,19H2,1H3,(H,31,32). The number of benzene rings is 1. The average Bonchev–Trinajstić information content (AvgIpc) is 3.37. The Bertz CT molecular complexity index is 1210. The van der Waals surface area contributed by atoms with Gasteiger partial charge in [-0.3, -0.25) is 14.6 Å². The number of nitrogens with zero attached hydrogens (tertiary/aromatic N) is 3. The molecule has 1 aliphatic rings. The van der Waals surface area contributed by atoms with Gasteiger partial charge in [-0.25, -0.2) is 0 Å². The van der Waals surface area contributed by atoms with Gasteiger partial charge in [0.25, 0.3) is 5.91 Å². The van der Waals surface area contributed by atoms with Crippen LogP contribution >= 0.6 is 11.3 Å². The Morgan fingerprint density at radius 2 is 1.89 bits per heavy atom. The van der Waals surface area contributed by atoms with E-state index in [4.69, 9.17) is 9.84 Å². The lowest BCUT2D eigenvalue weighted by atomic mass is 9.96. The molecule has 0 radical (unpaired) electrons. The second kappa shape index (κ2) is 11.5. The van der Waals surface area contributed by atoms with E-state index in [2.05, 4.69) is 21.7 Å². The molecule has 1 unspecified atom stereocenters. The summed E-state index contributed by atoms with van der Waals surface area (Å²) in [6.07, 6.45) is 3.58. The monoisotopic (exact) mass is 489 g/mol. The van der Waals surface area contributed by atoms with Gasteiger partial charge in [0, 0.05) is 37.3 Å². The number of aromatic nitrogens is 1. The summed E-state index contributed by atoms with van der Waals surface area (Å²) in [6.45, 7) is 4.98. The van der Waals surface area contributed by atoms with Crippen molar-refractivity contribution in [3.63, 3.8) is 0 Å². The van der Waals surface area contributed by atoms with Gasteiger partial charge in [0.1, 0.15) is 12.4 Å². The number of amides is 1. The van der Waals surface area contributed by atoms with E-state index in [0.717, 1.165) is 29.2 Å². The topological polar surface area (TPSA) is 83.0 Å². The van der Waals surface area contributed by atoms with Crippen LogP contribution in [-0.2, 0) is 11.4 Å². The molecule has 1 amide bonds. The van der Waals surface area contributed by atoms with Crippen LogP contribution in [0.25, 0.3) is 0 Å². The van der Waals surface area contributed by atoms with Crippen LogP contribution in [0.1, 0.15) is 39.4 Å². The van der Waals surface area contributed by atoms with Gasteiger partial charge in [0.05, 0.1) is 29.1 Å². The summed E-state index contributed by atoms with van der Waals surface area (Å²) in [5, 5.41) is 9.10. The molecule has 3 heterocycles. The maximum absolute atomic E-state index is 13.0. The lowest BCUT2D eigenvalue weighted by molar-refractivity contribution is -0.137. The van der Waals surface area contributed by atoms with Crippen molar-refractivity contribution in [3.05, 3.63) is 76.2 Å². The number of hydrogen-bond donors (Lipinski definition) is 1. The zero-order valence-corrected chi connectivity index (χ0v) is 20.3. The minimum Gasteiger partial charge on any atom is -0.488 e.